The molecule has 1 N–H and O–H groups in total. The summed E-state index contributed by atoms with van der Waals surface area (Å²) in [5.41, 5.74) is 3.97. The van der Waals surface area contributed by atoms with Gasteiger partial charge in [-0.05, 0) is 37.6 Å². The fourth-order valence-corrected chi connectivity index (χ4v) is 3.04. The first-order valence-corrected chi connectivity index (χ1v) is 9.03. The summed E-state index contributed by atoms with van der Waals surface area (Å²) < 4.78 is 1.81. The predicted molar refractivity (Wildman–Crippen MR) is 108 cm³/mol. The SMILES string of the molecule is Cc1nn(Cc2ccccc2Cl)c(C)c1C(=O)NCC#Cc1ccccc1. The van der Waals surface area contributed by atoms with E-state index in [0.717, 1.165) is 16.8 Å². The van der Waals surface area contributed by atoms with Gasteiger partial charge in [-0.25, -0.2) is 0 Å². The van der Waals surface area contributed by atoms with Crippen LogP contribution in [0.25, 0.3) is 0 Å². The van der Waals surface area contributed by atoms with Crippen molar-refractivity contribution in [3.8, 4) is 11.8 Å². The molecule has 1 amide bonds. The van der Waals surface area contributed by atoms with Crippen LogP contribution in [0.5, 0.6) is 0 Å². The number of hydrogen-bond acceptors (Lipinski definition) is 2. The summed E-state index contributed by atoms with van der Waals surface area (Å²) in [5.74, 6) is 5.82. The van der Waals surface area contributed by atoms with Gasteiger partial charge in [0.15, 0.2) is 0 Å². The van der Waals surface area contributed by atoms with Crippen molar-refractivity contribution in [3.63, 3.8) is 0 Å². The van der Waals surface area contributed by atoms with Gasteiger partial charge in [-0.3, -0.25) is 9.48 Å². The van der Waals surface area contributed by atoms with Crippen LogP contribution in [0.4, 0.5) is 0 Å². The zero-order valence-electron chi connectivity index (χ0n) is 15.3. The summed E-state index contributed by atoms with van der Waals surface area (Å²) in [6.45, 7) is 4.53. The maximum atomic E-state index is 12.6. The summed E-state index contributed by atoms with van der Waals surface area (Å²) in [6.07, 6.45) is 0. The van der Waals surface area contributed by atoms with E-state index in [0.29, 0.717) is 22.8 Å². The van der Waals surface area contributed by atoms with E-state index in [4.69, 9.17) is 11.6 Å². The van der Waals surface area contributed by atoms with Crippen LogP contribution in [-0.4, -0.2) is 22.2 Å². The fraction of sp³-hybridized carbons (Fsp3) is 0.182. The first kappa shape index (κ1) is 18.8. The molecule has 3 rings (SSSR count). The van der Waals surface area contributed by atoms with E-state index in [-0.39, 0.29) is 12.5 Å². The minimum absolute atomic E-state index is 0.169. The molecule has 1 aromatic heterocycles. The van der Waals surface area contributed by atoms with E-state index in [2.05, 4.69) is 22.3 Å². The molecule has 0 aliphatic heterocycles. The average molecular weight is 378 g/mol. The highest BCUT2D eigenvalue weighted by molar-refractivity contribution is 6.31. The number of benzene rings is 2. The van der Waals surface area contributed by atoms with E-state index in [1.165, 1.54) is 0 Å². The summed E-state index contributed by atoms with van der Waals surface area (Å²) in [5, 5.41) is 8.04. The monoisotopic (exact) mass is 377 g/mol. The van der Waals surface area contributed by atoms with E-state index in [9.17, 15) is 4.79 Å². The second-order valence-electron chi connectivity index (χ2n) is 6.15. The summed E-state index contributed by atoms with van der Waals surface area (Å²) in [4.78, 5) is 12.6. The second kappa shape index (κ2) is 8.57. The first-order valence-electron chi connectivity index (χ1n) is 8.66. The molecule has 0 fully saturated rings. The lowest BCUT2D eigenvalue weighted by Gasteiger charge is -2.07. The number of nitrogens with zero attached hydrogens (tertiary/aromatic N) is 2. The lowest BCUT2D eigenvalue weighted by molar-refractivity contribution is 0.0957. The smallest absolute Gasteiger partial charge is 0.255 e. The molecule has 0 aliphatic carbocycles. The Kier molecular flexibility index (Phi) is 5.95. The number of carbonyl (C=O) groups is 1. The van der Waals surface area contributed by atoms with Crippen LogP contribution in [0.1, 0.15) is 32.9 Å². The Bertz CT molecular complexity index is 1010. The van der Waals surface area contributed by atoms with Crippen LogP contribution in [0.15, 0.2) is 54.6 Å². The fourth-order valence-electron chi connectivity index (χ4n) is 2.85. The zero-order valence-corrected chi connectivity index (χ0v) is 16.0. The maximum Gasteiger partial charge on any atom is 0.255 e. The Labute approximate surface area is 164 Å². The van der Waals surface area contributed by atoms with E-state index < -0.39 is 0 Å². The van der Waals surface area contributed by atoms with Crippen LogP contribution in [-0.2, 0) is 6.54 Å². The molecular formula is C22H20ClN3O. The van der Waals surface area contributed by atoms with Gasteiger partial charge in [-0.1, -0.05) is 59.8 Å². The molecular weight excluding hydrogens is 358 g/mol. The molecule has 4 nitrogen and oxygen atoms in total. The predicted octanol–water partition coefficient (Wildman–Crippen LogP) is 3.98. The average Bonchev–Trinajstić information content (AvgIpc) is 2.95. The number of rotatable bonds is 4. The second-order valence-corrected chi connectivity index (χ2v) is 6.55. The van der Waals surface area contributed by atoms with Crippen LogP contribution < -0.4 is 5.32 Å². The molecule has 0 unspecified atom stereocenters. The summed E-state index contributed by atoms with van der Waals surface area (Å²) >= 11 is 6.24. The molecule has 0 saturated heterocycles. The normalized spacial score (nSPS) is 10.2. The highest BCUT2D eigenvalue weighted by Crippen LogP contribution is 2.19. The third kappa shape index (κ3) is 4.58. The minimum Gasteiger partial charge on any atom is -0.341 e. The van der Waals surface area contributed by atoms with E-state index >= 15 is 0 Å². The Morgan fingerprint density at radius 2 is 1.81 bits per heavy atom. The Hall–Kier alpha value is -3.03. The minimum atomic E-state index is -0.169. The van der Waals surface area contributed by atoms with Gasteiger partial charge in [0.25, 0.3) is 5.91 Å². The van der Waals surface area contributed by atoms with Gasteiger partial charge < -0.3 is 5.32 Å². The Morgan fingerprint density at radius 3 is 2.56 bits per heavy atom. The van der Waals surface area contributed by atoms with Crippen LogP contribution in [0, 0.1) is 25.7 Å². The molecule has 27 heavy (non-hydrogen) atoms. The van der Waals surface area contributed by atoms with Crippen LogP contribution >= 0.6 is 11.6 Å². The zero-order chi connectivity index (χ0) is 19.2. The molecule has 1 heterocycles. The summed E-state index contributed by atoms with van der Waals surface area (Å²) in [7, 11) is 0. The highest BCUT2D eigenvalue weighted by atomic mass is 35.5. The van der Waals surface area contributed by atoms with Gasteiger partial charge in [0.1, 0.15) is 0 Å². The van der Waals surface area contributed by atoms with Crippen LogP contribution in [0.2, 0.25) is 5.02 Å². The topological polar surface area (TPSA) is 46.9 Å². The number of amides is 1. The van der Waals surface area contributed by atoms with Crippen molar-refractivity contribution in [2.75, 3.05) is 6.54 Å². The number of nitrogens with one attached hydrogen (secondary N) is 1. The number of aromatic nitrogens is 2. The number of carbonyl (C=O) groups excluding carboxylic acids is 1. The molecule has 0 atom stereocenters. The molecule has 0 spiro atoms. The molecule has 0 radical (unpaired) electrons. The van der Waals surface area contributed by atoms with Gasteiger partial charge >= 0.3 is 0 Å². The number of halogens is 1. The molecule has 136 valence electrons. The molecule has 0 aliphatic rings. The largest absolute Gasteiger partial charge is 0.341 e. The van der Waals surface area contributed by atoms with Crippen molar-refractivity contribution < 1.29 is 4.79 Å². The van der Waals surface area contributed by atoms with Crippen molar-refractivity contribution in [1.82, 2.24) is 15.1 Å². The molecule has 2 aromatic carbocycles. The molecule has 5 heteroatoms. The summed E-state index contributed by atoms with van der Waals surface area (Å²) in [6, 6.07) is 17.3. The Morgan fingerprint density at radius 1 is 1.11 bits per heavy atom. The van der Waals surface area contributed by atoms with Gasteiger partial charge in [-0.2, -0.15) is 5.10 Å². The van der Waals surface area contributed by atoms with E-state index in [1.54, 1.807) is 4.68 Å². The van der Waals surface area contributed by atoms with Gasteiger partial charge in [-0.15, -0.1) is 0 Å². The first-order chi connectivity index (χ1) is 13.1. The molecule has 0 bridgehead atoms. The number of aryl methyl sites for hydroxylation is 1. The molecule has 0 saturated carbocycles. The van der Waals surface area contributed by atoms with Gasteiger partial charge in [0.2, 0.25) is 0 Å². The van der Waals surface area contributed by atoms with Crippen molar-refractivity contribution in [3.05, 3.63) is 87.7 Å². The van der Waals surface area contributed by atoms with E-state index in [1.807, 2.05) is 68.4 Å². The Balaban J connectivity index is 1.69. The van der Waals surface area contributed by atoms with Crippen molar-refractivity contribution >= 4 is 17.5 Å². The maximum absolute atomic E-state index is 12.6. The third-order valence-corrected chi connectivity index (χ3v) is 4.60. The molecule has 3 aromatic rings. The van der Waals surface area contributed by atoms with Gasteiger partial charge in [0, 0.05) is 16.3 Å². The standard InChI is InChI=1S/C22H20ClN3O/c1-16-21(22(27)24-14-8-11-18-9-4-3-5-10-18)17(2)26(25-16)15-19-12-6-7-13-20(19)23/h3-7,9-10,12-13H,14-15H2,1-2H3,(H,24,27). The lowest BCUT2D eigenvalue weighted by Crippen LogP contribution is -2.24. The van der Waals surface area contributed by atoms with Gasteiger partial charge in [0.05, 0.1) is 24.3 Å². The van der Waals surface area contributed by atoms with Crippen molar-refractivity contribution in [1.29, 1.82) is 0 Å². The lowest BCUT2D eigenvalue weighted by atomic mass is 10.1. The van der Waals surface area contributed by atoms with Crippen molar-refractivity contribution in [2.24, 2.45) is 0 Å². The van der Waals surface area contributed by atoms with Crippen LogP contribution in [0.3, 0.4) is 0 Å². The number of hydrogen-bond donors (Lipinski definition) is 1. The highest BCUT2D eigenvalue weighted by Gasteiger charge is 2.18. The third-order valence-electron chi connectivity index (χ3n) is 4.23. The quantitative estimate of drug-likeness (QED) is 0.699. The van der Waals surface area contributed by atoms with Crippen molar-refractivity contribution in [2.45, 2.75) is 20.4 Å².